The number of pyridine rings is 1. The van der Waals surface area contributed by atoms with E-state index in [1.807, 2.05) is 0 Å². The molecule has 0 aliphatic carbocycles. The first-order valence-electron chi connectivity index (χ1n) is 6.61. The fraction of sp³-hybridized carbons (Fsp3) is 0.286. The fourth-order valence-electron chi connectivity index (χ4n) is 1.79. The molecule has 1 amide bonds. The summed E-state index contributed by atoms with van der Waals surface area (Å²) >= 11 is 0. The molecule has 0 fully saturated rings. The Balaban J connectivity index is 1.80. The number of nitrogens with one attached hydrogen (secondary N) is 1. The Morgan fingerprint density at radius 2 is 2.05 bits per heavy atom. The van der Waals surface area contributed by atoms with Gasteiger partial charge in [0.1, 0.15) is 12.1 Å². The van der Waals surface area contributed by atoms with E-state index in [-0.39, 0.29) is 12.3 Å². The van der Waals surface area contributed by atoms with Crippen molar-refractivity contribution in [2.45, 2.75) is 25.7 Å². The molecular weight excluding hydrogens is 272 g/mol. The van der Waals surface area contributed by atoms with E-state index in [4.69, 9.17) is 5.11 Å². The average Bonchev–Trinajstić information content (AvgIpc) is 2.98. The maximum absolute atomic E-state index is 11.7. The molecule has 2 aromatic heterocycles. The number of imidazole rings is 1. The molecule has 2 aromatic rings. The molecule has 110 valence electrons. The molecule has 0 aromatic carbocycles. The van der Waals surface area contributed by atoms with Crippen molar-refractivity contribution in [2.24, 2.45) is 0 Å². The van der Waals surface area contributed by atoms with Crippen molar-refractivity contribution in [3.05, 3.63) is 37.1 Å². The zero-order chi connectivity index (χ0) is 15.1. The van der Waals surface area contributed by atoms with Gasteiger partial charge in [-0.15, -0.1) is 0 Å². The second-order valence-electron chi connectivity index (χ2n) is 4.52. The highest BCUT2D eigenvalue weighted by Gasteiger charge is 2.04. The molecule has 0 radical (unpaired) electrons. The number of unbranched alkanes of at least 4 members (excludes halogenated alkanes) is 1. The Kier molecular flexibility index (Phi) is 5.03. The van der Waals surface area contributed by atoms with Gasteiger partial charge >= 0.3 is 5.97 Å². The van der Waals surface area contributed by atoms with Crippen LogP contribution in [0, 0.1) is 0 Å². The van der Waals surface area contributed by atoms with Gasteiger partial charge in [0.05, 0.1) is 11.9 Å². The van der Waals surface area contributed by atoms with Crippen LogP contribution in [0.5, 0.6) is 0 Å². The smallest absolute Gasteiger partial charge is 0.303 e. The summed E-state index contributed by atoms with van der Waals surface area (Å²) in [6, 6.07) is 3.54. The molecule has 0 bridgehead atoms. The molecule has 0 saturated heterocycles. The van der Waals surface area contributed by atoms with Gasteiger partial charge in [-0.25, -0.2) is 9.97 Å². The Hall–Kier alpha value is -2.70. The summed E-state index contributed by atoms with van der Waals surface area (Å²) in [4.78, 5) is 30.2. The van der Waals surface area contributed by atoms with Crippen LogP contribution in [0.4, 0.5) is 5.69 Å². The van der Waals surface area contributed by atoms with E-state index in [1.54, 1.807) is 41.6 Å². The van der Waals surface area contributed by atoms with E-state index in [2.05, 4.69) is 15.3 Å². The summed E-state index contributed by atoms with van der Waals surface area (Å²) < 4.78 is 1.76. The Morgan fingerprint density at radius 1 is 1.24 bits per heavy atom. The third kappa shape index (κ3) is 4.72. The van der Waals surface area contributed by atoms with Crippen molar-refractivity contribution in [2.75, 3.05) is 5.32 Å². The first kappa shape index (κ1) is 14.7. The van der Waals surface area contributed by atoms with E-state index in [0.717, 1.165) is 0 Å². The number of hydrogen-bond acceptors (Lipinski definition) is 4. The van der Waals surface area contributed by atoms with Crippen LogP contribution >= 0.6 is 0 Å². The second-order valence-corrected chi connectivity index (χ2v) is 4.52. The third-order valence-corrected chi connectivity index (χ3v) is 2.85. The van der Waals surface area contributed by atoms with Crippen LogP contribution in [-0.2, 0) is 9.59 Å². The molecule has 2 N–H and O–H groups in total. The summed E-state index contributed by atoms with van der Waals surface area (Å²) in [6.45, 7) is 0. The summed E-state index contributed by atoms with van der Waals surface area (Å²) in [5.41, 5.74) is 0.613. The number of carbonyl (C=O) groups is 2. The number of carboxylic acid groups (broad SMARTS) is 1. The summed E-state index contributed by atoms with van der Waals surface area (Å²) in [5.74, 6) is -0.265. The van der Waals surface area contributed by atoms with Gasteiger partial charge in [0, 0.05) is 25.2 Å². The number of carboxylic acids is 1. The van der Waals surface area contributed by atoms with E-state index in [1.165, 1.54) is 0 Å². The van der Waals surface area contributed by atoms with Crippen LogP contribution in [0.3, 0.4) is 0 Å². The summed E-state index contributed by atoms with van der Waals surface area (Å²) in [5, 5.41) is 11.2. The monoisotopic (exact) mass is 288 g/mol. The molecule has 0 unspecified atom stereocenters. The standard InChI is InChI=1S/C14H16N4O3/c19-13(3-1-2-4-14(20)21)17-11-5-6-12(16-9-11)18-8-7-15-10-18/h5-10H,1-4H2,(H,17,19)(H,20,21). The number of carbonyl (C=O) groups excluding carboxylic acids is 1. The van der Waals surface area contributed by atoms with Crippen LogP contribution < -0.4 is 5.32 Å². The molecule has 2 heterocycles. The molecule has 0 atom stereocenters. The van der Waals surface area contributed by atoms with E-state index >= 15 is 0 Å². The van der Waals surface area contributed by atoms with E-state index in [9.17, 15) is 9.59 Å². The highest BCUT2D eigenvalue weighted by Crippen LogP contribution is 2.10. The molecule has 0 saturated carbocycles. The minimum absolute atomic E-state index is 0.0917. The van der Waals surface area contributed by atoms with Gasteiger partial charge < -0.3 is 10.4 Å². The van der Waals surface area contributed by atoms with Crippen molar-refractivity contribution >= 4 is 17.6 Å². The predicted octanol–water partition coefficient (Wildman–Crippen LogP) is 1.85. The van der Waals surface area contributed by atoms with E-state index < -0.39 is 5.97 Å². The Bertz CT molecular complexity index is 593. The quantitative estimate of drug-likeness (QED) is 0.758. The summed E-state index contributed by atoms with van der Waals surface area (Å²) in [7, 11) is 0. The predicted molar refractivity (Wildman–Crippen MR) is 76.1 cm³/mol. The number of aromatic nitrogens is 3. The number of anilines is 1. The first-order valence-corrected chi connectivity index (χ1v) is 6.61. The van der Waals surface area contributed by atoms with Crippen LogP contribution in [0.15, 0.2) is 37.1 Å². The topological polar surface area (TPSA) is 97.1 Å². The zero-order valence-corrected chi connectivity index (χ0v) is 11.4. The average molecular weight is 288 g/mol. The lowest BCUT2D eigenvalue weighted by Crippen LogP contribution is -2.11. The number of aliphatic carboxylic acids is 1. The number of amides is 1. The number of rotatable bonds is 7. The molecule has 21 heavy (non-hydrogen) atoms. The minimum atomic E-state index is -0.838. The maximum atomic E-state index is 11.7. The largest absolute Gasteiger partial charge is 0.481 e. The normalized spacial score (nSPS) is 10.3. The van der Waals surface area contributed by atoms with Crippen molar-refractivity contribution < 1.29 is 14.7 Å². The van der Waals surface area contributed by atoms with Crippen LogP contribution in [0.25, 0.3) is 5.82 Å². The molecule has 0 aliphatic heterocycles. The lowest BCUT2D eigenvalue weighted by atomic mass is 10.2. The van der Waals surface area contributed by atoms with Crippen LogP contribution in [0.1, 0.15) is 25.7 Å². The van der Waals surface area contributed by atoms with Gasteiger partial charge in [0.25, 0.3) is 0 Å². The lowest BCUT2D eigenvalue weighted by molar-refractivity contribution is -0.137. The van der Waals surface area contributed by atoms with Crippen LogP contribution in [0.2, 0.25) is 0 Å². The van der Waals surface area contributed by atoms with Crippen molar-refractivity contribution in [3.63, 3.8) is 0 Å². The van der Waals surface area contributed by atoms with Gasteiger partial charge in [-0.2, -0.15) is 0 Å². The molecule has 2 rings (SSSR count). The first-order chi connectivity index (χ1) is 10.1. The Morgan fingerprint density at radius 3 is 2.67 bits per heavy atom. The van der Waals surface area contributed by atoms with Crippen molar-refractivity contribution in [3.8, 4) is 5.82 Å². The van der Waals surface area contributed by atoms with Crippen molar-refractivity contribution in [1.82, 2.24) is 14.5 Å². The third-order valence-electron chi connectivity index (χ3n) is 2.85. The molecule has 0 spiro atoms. The SMILES string of the molecule is O=C(O)CCCCC(=O)Nc1ccc(-n2ccnc2)nc1. The minimum Gasteiger partial charge on any atom is -0.481 e. The van der Waals surface area contributed by atoms with Gasteiger partial charge in [-0.1, -0.05) is 0 Å². The number of nitrogens with zero attached hydrogens (tertiary/aromatic N) is 3. The summed E-state index contributed by atoms with van der Waals surface area (Å²) in [6.07, 6.45) is 8.11. The van der Waals surface area contributed by atoms with Gasteiger partial charge in [0.2, 0.25) is 5.91 Å². The molecular formula is C14H16N4O3. The molecule has 7 heteroatoms. The van der Waals surface area contributed by atoms with Gasteiger partial charge in [0.15, 0.2) is 0 Å². The Labute approximate surface area is 121 Å². The highest BCUT2D eigenvalue weighted by atomic mass is 16.4. The van der Waals surface area contributed by atoms with Crippen molar-refractivity contribution in [1.29, 1.82) is 0 Å². The molecule has 0 aliphatic rings. The van der Waals surface area contributed by atoms with Gasteiger partial charge in [-0.3, -0.25) is 14.2 Å². The maximum Gasteiger partial charge on any atom is 0.303 e. The lowest BCUT2D eigenvalue weighted by Gasteiger charge is -2.06. The zero-order valence-electron chi connectivity index (χ0n) is 11.4. The fourth-order valence-corrected chi connectivity index (χ4v) is 1.79. The number of hydrogen-bond donors (Lipinski definition) is 2. The highest BCUT2D eigenvalue weighted by molar-refractivity contribution is 5.90. The van der Waals surface area contributed by atoms with E-state index in [0.29, 0.717) is 30.8 Å². The van der Waals surface area contributed by atoms with Gasteiger partial charge in [-0.05, 0) is 25.0 Å². The second kappa shape index (κ2) is 7.18. The molecule has 7 nitrogen and oxygen atoms in total. The van der Waals surface area contributed by atoms with Crippen LogP contribution in [-0.4, -0.2) is 31.5 Å².